The Hall–Kier alpha value is -1.57. The van der Waals surface area contributed by atoms with Crippen LogP contribution in [0.5, 0.6) is 0 Å². The van der Waals surface area contributed by atoms with E-state index in [1.165, 1.54) is 4.40 Å². The molecular formula is C22H27GeIrN2O3-. The maximum absolute atomic E-state index is 7.00. The van der Waals surface area contributed by atoms with Gasteiger partial charge in [0.05, 0.1) is 0 Å². The van der Waals surface area contributed by atoms with Crippen LogP contribution >= 0.6 is 0 Å². The molecule has 0 spiro atoms. The normalized spacial score (nSPS) is 10.5. The van der Waals surface area contributed by atoms with Crippen molar-refractivity contribution in [2.75, 3.05) is 14.2 Å². The van der Waals surface area contributed by atoms with E-state index in [-0.39, 0.29) is 20.1 Å². The van der Waals surface area contributed by atoms with Crippen LogP contribution in [-0.2, 0) is 20.1 Å². The van der Waals surface area contributed by atoms with Gasteiger partial charge in [0.1, 0.15) is 0 Å². The van der Waals surface area contributed by atoms with Crippen LogP contribution in [-0.4, -0.2) is 47.7 Å². The minimum atomic E-state index is -1.83. The molecule has 0 aliphatic rings. The van der Waals surface area contributed by atoms with E-state index >= 15 is 0 Å². The Morgan fingerprint density at radius 1 is 0.966 bits per heavy atom. The number of nitrogens with zero attached hydrogens (tertiary/aromatic N) is 2. The van der Waals surface area contributed by atoms with Gasteiger partial charge in [0.25, 0.3) is 0 Å². The molecule has 0 saturated heterocycles. The van der Waals surface area contributed by atoms with Crippen molar-refractivity contribution in [2.45, 2.75) is 24.2 Å². The van der Waals surface area contributed by atoms with Crippen molar-refractivity contribution < 1.29 is 34.7 Å². The monoisotopic (exact) mass is 634 g/mol. The molecule has 29 heavy (non-hydrogen) atoms. The van der Waals surface area contributed by atoms with E-state index in [0.717, 1.165) is 47.5 Å². The Labute approximate surface area is 187 Å². The van der Waals surface area contributed by atoms with Crippen molar-refractivity contribution in [1.82, 2.24) is 9.97 Å². The van der Waals surface area contributed by atoms with Crippen LogP contribution in [0.15, 0.2) is 47.0 Å². The molecule has 5 nitrogen and oxygen atoms in total. The summed E-state index contributed by atoms with van der Waals surface area (Å²) in [5, 5.41) is 16.1. The number of aromatic nitrogens is 2. The fourth-order valence-electron chi connectivity index (χ4n) is 2.84. The topological polar surface area (TPSA) is 79.4 Å². The number of fused-ring (bicyclic) bond motifs is 3. The summed E-state index contributed by atoms with van der Waals surface area (Å²) in [7, 11) is 2.00. The maximum Gasteiger partial charge on any atom is 0 e. The molecule has 2 N–H and O–H groups in total. The average Bonchev–Trinajstić information content (AvgIpc) is 3.07. The van der Waals surface area contributed by atoms with Gasteiger partial charge in [-0.1, -0.05) is 0 Å². The average molecular weight is 632 g/mol. The van der Waals surface area contributed by atoms with Crippen molar-refractivity contribution in [2.24, 2.45) is 0 Å². The Balaban J connectivity index is 0.000000794. The van der Waals surface area contributed by atoms with E-state index in [1.807, 2.05) is 25.3 Å². The number of aryl methyl sites for hydroxylation is 1. The number of hydrogen-bond acceptors (Lipinski definition) is 5. The number of furan rings is 1. The fraction of sp³-hybridized carbons (Fsp3) is 0.273. The van der Waals surface area contributed by atoms with Crippen molar-refractivity contribution in [3.05, 3.63) is 54.4 Å². The summed E-state index contributed by atoms with van der Waals surface area (Å²) in [5.74, 6) is 7.13. The van der Waals surface area contributed by atoms with Crippen LogP contribution < -0.4 is 4.40 Å². The first-order valence-electron chi connectivity index (χ1n) is 9.00. The number of aliphatic hydroxyl groups is 2. The van der Waals surface area contributed by atoms with Crippen molar-refractivity contribution in [1.29, 1.82) is 0 Å². The zero-order valence-electron chi connectivity index (χ0n) is 17.6. The van der Waals surface area contributed by atoms with E-state index in [1.54, 1.807) is 0 Å². The third-order valence-corrected chi connectivity index (χ3v) is 8.57. The number of pyridine rings is 2. The van der Waals surface area contributed by atoms with Gasteiger partial charge in [-0.3, -0.25) is 0 Å². The van der Waals surface area contributed by atoms with Crippen LogP contribution in [0.3, 0.4) is 0 Å². The second kappa shape index (κ2) is 11.0. The molecule has 3 aromatic heterocycles. The quantitative estimate of drug-likeness (QED) is 0.259. The fourth-order valence-corrected chi connectivity index (χ4v) is 5.01. The smallest absolute Gasteiger partial charge is 0 e. The van der Waals surface area contributed by atoms with Crippen LogP contribution in [0, 0.1) is 13.0 Å². The molecule has 0 aliphatic heterocycles. The van der Waals surface area contributed by atoms with Gasteiger partial charge in [-0.2, -0.15) is 0 Å². The zero-order chi connectivity index (χ0) is 20.9. The van der Waals surface area contributed by atoms with Gasteiger partial charge in [-0.15, -0.1) is 0 Å². The number of rotatable bonds is 2. The molecule has 0 aliphatic carbocycles. The maximum atomic E-state index is 7.00. The first-order chi connectivity index (χ1) is 13.4. The zero-order valence-corrected chi connectivity index (χ0v) is 22.1. The Morgan fingerprint density at radius 3 is 2.24 bits per heavy atom. The molecule has 0 saturated carbocycles. The first kappa shape index (κ1) is 25.5. The second-order valence-corrected chi connectivity index (χ2v) is 17.9. The number of benzene rings is 1. The van der Waals surface area contributed by atoms with Crippen molar-refractivity contribution in [3.63, 3.8) is 0 Å². The number of aliphatic hydroxyl groups excluding tert-OH is 2. The van der Waals surface area contributed by atoms with E-state index < -0.39 is 13.3 Å². The molecule has 0 unspecified atom stereocenters. The Bertz CT molecular complexity index is 1060. The van der Waals surface area contributed by atoms with Gasteiger partial charge in [-0.25, -0.2) is 0 Å². The van der Waals surface area contributed by atoms with Gasteiger partial charge in [0.15, 0.2) is 0 Å². The van der Waals surface area contributed by atoms with Gasteiger partial charge in [0.2, 0.25) is 0 Å². The Morgan fingerprint density at radius 2 is 1.66 bits per heavy atom. The molecule has 7 heteroatoms. The third kappa shape index (κ3) is 5.74. The van der Waals surface area contributed by atoms with Crippen LogP contribution in [0.1, 0.15) is 5.69 Å². The van der Waals surface area contributed by atoms with Gasteiger partial charge in [-0.05, 0) is 0 Å². The molecule has 0 amide bonds. The van der Waals surface area contributed by atoms with Crippen LogP contribution in [0.25, 0.3) is 33.3 Å². The van der Waals surface area contributed by atoms with E-state index in [2.05, 4.69) is 57.6 Å². The molecule has 4 aromatic rings. The summed E-state index contributed by atoms with van der Waals surface area (Å²) in [4.78, 5) is 9.13. The number of hydrogen-bond donors (Lipinski definition) is 2. The Kier molecular flexibility index (Phi) is 9.66. The standard InChI is InChI=1S/C20H19GeN2O.2CH4O.Ir/c1-13-5-8-16-17-11-14(6-10-19(17)24-20(16)23-13)18-9-7-15(12-22-18)21(2,3)4;2*1-2;/h5,7-12H,1-4H3;2*2H,1H3;/q-1;;;. The molecule has 0 bridgehead atoms. The molecule has 157 valence electrons. The minimum absolute atomic E-state index is 0. The summed E-state index contributed by atoms with van der Waals surface area (Å²) in [5.41, 5.74) is 4.38. The largest absolute Gasteiger partial charge is 0 e. The van der Waals surface area contributed by atoms with Gasteiger partial charge >= 0.3 is 144 Å². The van der Waals surface area contributed by atoms with E-state index in [0.29, 0.717) is 5.71 Å². The molecular weight excluding hydrogens is 605 g/mol. The first-order valence-corrected chi connectivity index (χ1v) is 16.3. The van der Waals surface area contributed by atoms with Crippen LogP contribution in [0.2, 0.25) is 17.3 Å². The van der Waals surface area contributed by atoms with Gasteiger partial charge < -0.3 is 10.2 Å². The molecule has 1 radical (unpaired) electrons. The molecule has 0 fully saturated rings. The predicted octanol–water partition coefficient (Wildman–Crippen LogP) is 3.91. The van der Waals surface area contributed by atoms with E-state index in [9.17, 15) is 0 Å². The summed E-state index contributed by atoms with van der Waals surface area (Å²) >= 11 is -1.83. The predicted molar refractivity (Wildman–Crippen MR) is 118 cm³/mol. The second-order valence-electron chi connectivity index (χ2n) is 7.21. The third-order valence-electron chi connectivity index (χ3n) is 4.31. The summed E-state index contributed by atoms with van der Waals surface area (Å²) in [6, 6.07) is 15.7. The summed E-state index contributed by atoms with van der Waals surface area (Å²) in [6.45, 7) is 1.97. The molecule has 3 heterocycles. The van der Waals surface area contributed by atoms with Crippen LogP contribution in [0.4, 0.5) is 0 Å². The van der Waals surface area contributed by atoms with Crippen molar-refractivity contribution in [3.8, 4) is 11.3 Å². The molecule has 1 aromatic carbocycles. The minimum Gasteiger partial charge on any atom is 0 e. The van der Waals surface area contributed by atoms with E-state index in [4.69, 9.17) is 14.6 Å². The summed E-state index contributed by atoms with van der Waals surface area (Å²) < 4.78 is 7.24. The SMILES string of the molecule is CO.CO.Cc1ccc2c(n1)oc1c[c-]c(-c3cc[c]([Ge]([CH3])([CH3])[CH3])cn3)cc12.[Ir]. The van der Waals surface area contributed by atoms with Gasteiger partial charge in [0, 0.05) is 34.3 Å². The molecule has 0 atom stereocenters. The van der Waals surface area contributed by atoms with Crippen molar-refractivity contribution >= 4 is 39.7 Å². The summed E-state index contributed by atoms with van der Waals surface area (Å²) in [6.07, 6.45) is 2.03. The molecule has 4 rings (SSSR count).